The Kier molecular flexibility index (Phi) is 10.7. The number of Topliss-reactive ketones (excluding diaryl/α,β-unsaturated/α-hetero) is 1. The highest BCUT2D eigenvalue weighted by Crippen LogP contribution is 2.27. The van der Waals surface area contributed by atoms with Crippen LogP contribution in [0.15, 0.2) is 42.5 Å². The van der Waals surface area contributed by atoms with Gasteiger partial charge in [0.15, 0.2) is 5.78 Å². The molecule has 0 aliphatic carbocycles. The van der Waals surface area contributed by atoms with Gasteiger partial charge in [-0.3, -0.25) is 4.79 Å². The molecule has 0 aliphatic heterocycles. The first-order valence-corrected chi connectivity index (χ1v) is 11.7. The summed E-state index contributed by atoms with van der Waals surface area (Å²) in [5.41, 5.74) is 0.624. The molecule has 2 aromatic carbocycles. The van der Waals surface area contributed by atoms with Gasteiger partial charge in [-0.1, -0.05) is 31.5 Å². The number of ether oxygens (including phenoxy) is 4. The highest BCUT2D eigenvalue weighted by atomic mass is 16.6. The van der Waals surface area contributed by atoms with E-state index in [0.717, 1.165) is 12.8 Å². The van der Waals surface area contributed by atoms with Crippen molar-refractivity contribution in [3.8, 4) is 11.5 Å². The zero-order valence-electron chi connectivity index (χ0n) is 21.1. The standard InChI is InChI=1S/C27H35NO7/c1-6-7-14-33-23-17-20(22(29)18-32-15-13-28-26(31)35-27(3,4)5)16-19(2)24(23)25(30)34-21-11-9-8-10-12-21/h8-12,16-17H,6-7,13-15,18H2,1-5H3,(H,28,31). The predicted molar refractivity (Wildman–Crippen MR) is 132 cm³/mol. The average Bonchev–Trinajstić information content (AvgIpc) is 2.78. The molecule has 0 aliphatic rings. The van der Waals surface area contributed by atoms with Gasteiger partial charge in [-0.15, -0.1) is 0 Å². The molecule has 190 valence electrons. The number of esters is 1. The van der Waals surface area contributed by atoms with Crippen LogP contribution in [0.5, 0.6) is 11.5 Å². The molecule has 0 saturated carbocycles. The minimum absolute atomic E-state index is 0.144. The summed E-state index contributed by atoms with van der Waals surface area (Å²) in [6.07, 6.45) is 1.18. The van der Waals surface area contributed by atoms with Crippen molar-refractivity contribution in [2.45, 2.75) is 53.1 Å². The van der Waals surface area contributed by atoms with Crippen LogP contribution in [0.4, 0.5) is 4.79 Å². The van der Waals surface area contributed by atoms with Crippen molar-refractivity contribution in [1.82, 2.24) is 5.32 Å². The summed E-state index contributed by atoms with van der Waals surface area (Å²) in [5.74, 6) is -0.100. The summed E-state index contributed by atoms with van der Waals surface area (Å²) < 4.78 is 21.9. The van der Waals surface area contributed by atoms with Crippen LogP contribution in [-0.2, 0) is 9.47 Å². The lowest BCUT2D eigenvalue weighted by molar-refractivity contribution is 0.0497. The van der Waals surface area contributed by atoms with E-state index < -0.39 is 17.7 Å². The van der Waals surface area contributed by atoms with Gasteiger partial charge in [-0.25, -0.2) is 9.59 Å². The van der Waals surface area contributed by atoms with Crippen molar-refractivity contribution in [1.29, 1.82) is 0 Å². The highest BCUT2D eigenvalue weighted by molar-refractivity contribution is 6.01. The summed E-state index contributed by atoms with van der Waals surface area (Å²) in [5, 5.41) is 2.57. The van der Waals surface area contributed by atoms with Crippen LogP contribution >= 0.6 is 0 Å². The SMILES string of the molecule is CCCCOc1cc(C(=O)COCCNC(=O)OC(C)(C)C)cc(C)c1C(=O)Oc1ccccc1. The van der Waals surface area contributed by atoms with Crippen molar-refractivity contribution >= 4 is 17.8 Å². The normalized spacial score (nSPS) is 11.0. The maximum Gasteiger partial charge on any atom is 0.407 e. The Hall–Kier alpha value is -3.39. The molecule has 0 aromatic heterocycles. The van der Waals surface area contributed by atoms with Crippen molar-refractivity contribution in [3.63, 3.8) is 0 Å². The van der Waals surface area contributed by atoms with Crippen molar-refractivity contribution in [2.75, 3.05) is 26.4 Å². The fourth-order valence-corrected chi connectivity index (χ4v) is 3.05. The minimum Gasteiger partial charge on any atom is -0.493 e. The molecule has 0 spiro atoms. The predicted octanol–water partition coefficient (Wildman–Crippen LogP) is 5.12. The number of carbonyl (C=O) groups is 3. The van der Waals surface area contributed by atoms with Crippen molar-refractivity contribution in [3.05, 3.63) is 59.2 Å². The van der Waals surface area contributed by atoms with E-state index >= 15 is 0 Å². The monoisotopic (exact) mass is 485 g/mol. The van der Waals surface area contributed by atoms with Crippen LogP contribution in [0.3, 0.4) is 0 Å². The first-order valence-electron chi connectivity index (χ1n) is 11.7. The summed E-state index contributed by atoms with van der Waals surface area (Å²) in [7, 11) is 0. The van der Waals surface area contributed by atoms with E-state index in [1.165, 1.54) is 0 Å². The third-order valence-electron chi connectivity index (χ3n) is 4.68. The van der Waals surface area contributed by atoms with Gasteiger partial charge in [0.05, 0.1) is 13.2 Å². The van der Waals surface area contributed by atoms with E-state index in [0.29, 0.717) is 29.2 Å². The number of nitrogens with one attached hydrogen (secondary N) is 1. The third-order valence-corrected chi connectivity index (χ3v) is 4.68. The molecule has 0 unspecified atom stereocenters. The molecule has 1 amide bonds. The number of alkyl carbamates (subject to hydrolysis) is 1. The Labute approximate surface area is 206 Å². The Morgan fingerprint density at radius 1 is 1.00 bits per heavy atom. The lowest BCUT2D eigenvalue weighted by Gasteiger charge is -2.19. The number of hydrogen-bond acceptors (Lipinski definition) is 7. The molecule has 0 fully saturated rings. The molecule has 0 radical (unpaired) electrons. The van der Waals surface area contributed by atoms with Crippen molar-refractivity contribution < 1.29 is 33.3 Å². The number of carbonyl (C=O) groups excluding carboxylic acids is 3. The van der Waals surface area contributed by atoms with Gasteiger partial charge in [-0.2, -0.15) is 0 Å². The number of ketones is 1. The molecule has 2 rings (SSSR count). The molecule has 1 N–H and O–H groups in total. The number of amides is 1. The third kappa shape index (κ3) is 9.78. The first kappa shape index (κ1) is 27.9. The number of unbranched alkanes of at least 4 members (excludes halogenated alkanes) is 1. The Morgan fingerprint density at radius 3 is 2.37 bits per heavy atom. The summed E-state index contributed by atoms with van der Waals surface area (Å²) >= 11 is 0. The van der Waals surface area contributed by atoms with Crippen LogP contribution in [0.25, 0.3) is 0 Å². The lowest BCUT2D eigenvalue weighted by atomic mass is 10.0. The Bertz CT molecular complexity index is 997. The highest BCUT2D eigenvalue weighted by Gasteiger charge is 2.22. The van der Waals surface area contributed by atoms with Gasteiger partial charge in [0.2, 0.25) is 0 Å². The van der Waals surface area contributed by atoms with Gasteiger partial charge >= 0.3 is 12.1 Å². The Balaban J connectivity index is 2.04. The van der Waals surface area contributed by atoms with Crippen LogP contribution in [0, 0.1) is 6.92 Å². The Morgan fingerprint density at radius 2 is 1.71 bits per heavy atom. The largest absolute Gasteiger partial charge is 0.493 e. The second kappa shape index (κ2) is 13.5. The van der Waals surface area contributed by atoms with Crippen molar-refractivity contribution in [2.24, 2.45) is 0 Å². The molecule has 35 heavy (non-hydrogen) atoms. The first-order chi connectivity index (χ1) is 16.6. The minimum atomic E-state index is -0.588. The van der Waals surface area contributed by atoms with Gasteiger partial charge in [0.25, 0.3) is 0 Å². The molecule has 0 heterocycles. The fourth-order valence-electron chi connectivity index (χ4n) is 3.05. The van der Waals surface area contributed by atoms with Gasteiger partial charge in [0, 0.05) is 12.1 Å². The zero-order valence-corrected chi connectivity index (χ0v) is 21.1. The molecule has 0 atom stereocenters. The quantitative estimate of drug-likeness (QED) is 0.193. The van der Waals surface area contributed by atoms with E-state index in [4.69, 9.17) is 18.9 Å². The van der Waals surface area contributed by atoms with E-state index in [9.17, 15) is 14.4 Å². The smallest absolute Gasteiger partial charge is 0.407 e. The molecular formula is C27H35NO7. The van der Waals surface area contributed by atoms with Gasteiger partial charge in [0.1, 0.15) is 29.3 Å². The van der Waals surface area contributed by atoms with Crippen LogP contribution < -0.4 is 14.8 Å². The maximum atomic E-state index is 12.9. The van der Waals surface area contributed by atoms with Crippen LogP contribution in [-0.4, -0.2) is 49.8 Å². The lowest BCUT2D eigenvalue weighted by Crippen LogP contribution is -2.34. The molecule has 0 saturated heterocycles. The van der Waals surface area contributed by atoms with E-state index in [2.05, 4.69) is 5.32 Å². The average molecular weight is 486 g/mol. The molecule has 2 aromatic rings. The fraction of sp³-hybridized carbons (Fsp3) is 0.444. The summed E-state index contributed by atoms with van der Waals surface area (Å²) in [6, 6.07) is 11.9. The molecule has 8 heteroatoms. The van der Waals surface area contributed by atoms with Gasteiger partial charge in [-0.05, 0) is 63.9 Å². The molecular weight excluding hydrogens is 450 g/mol. The molecule has 8 nitrogen and oxygen atoms in total. The number of benzene rings is 2. The van der Waals surface area contributed by atoms with Crippen LogP contribution in [0.2, 0.25) is 0 Å². The zero-order chi connectivity index (χ0) is 25.8. The molecule has 0 bridgehead atoms. The number of hydrogen-bond donors (Lipinski definition) is 1. The van der Waals surface area contributed by atoms with E-state index in [1.807, 2.05) is 13.0 Å². The summed E-state index contributed by atoms with van der Waals surface area (Å²) in [4.78, 5) is 37.3. The number of aryl methyl sites for hydroxylation is 1. The topological polar surface area (TPSA) is 100 Å². The second-order valence-electron chi connectivity index (χ2n) is 8.98. The van der Waals surface area contributed by atoms with Crippen LogP contribution in [0.1, 0.15) is 66.8 Å². The van der Waals surface area contributed by atoms with E-state index in [-0.39, 0.29) is 31.1 Å². The van der Waals surface area contributed by atoms with Gasteiger partial charge < -0.3 is 24.3 Å². The van der Waals surface area contributed by atoms with E-state index in [1.54, 1.807) is 64.1 Å². The number of rotatable bonds is 12. The number of para-hydroxylation sites is 1. The second-order valence-corrected chi connectivity index (χ2v) is 8.98. The summed E-state index contributed by atoms with van der Waals surface area (Å²) in [6.45, 7) is 9.67. The maximum absolute atomic E-state index is 12.9.